The predicted molar refractivity (Wildman–Crippen MR) is 94.3 cm³/mol. The van der Waals surface area contributed by atoms with E-state index >= 15 is 0 Å². The van der Waals surface area contributed by atoms with Crippen molar-refractivity contribution in [1.82, 2.24) is 0 Å². The topological polar surface area (TPSA) is 20.2 Å². The van der Waals surface area contributed by atoms with Crippen molar-refractivity contribution in [3.05, 3.63) is 90.5 Å². The number of aromatic hydroxyl groups is 1. The van der Waals surface area contributed by atoms with E-state index in [0.717, 1.165) is 5.56 Å². The van der Waals surface area contributed by atoms with E-state index in [-0.39, 0.29) is 0 Å². The highest BCUT2D eigenvalue weighted by molar-refractivity contribution is 5.98. The van der Waals surface area contributed by atoms with E-state index in [0.29, 0.717) is 5.75 Å². The Kier molecular flexibility index (Phi) is 4.06. The molecule has 0 fully saturated rings. The number of hydrogen-bond donors (Lipinski definition) is 1. The van der Waals surface area contributed by atoms with E-state index in [9.17, 15) is 0 Å². The first-order chi connectivity index (χ1) is 10.7. The quantitative estimate of drug-likeness (QED) is 0.411. The van der Waals surface area contributed by atoms with Crippen LogP contribution in [0.5, 0.6) is 5.75 Å². The highest BCUT2D eigenvalue weighted by Crippen LogP contribution is 2.22. The van der Waals surface area contributed by atoms with Gasteiger partial charge in [0.05, 0.1) is 0 Å². The monoisotopic (exact) mass is 286 g/mol. The van der Waals surface area contributed by atoms with Crippen molar-refractivity contribution in [2.24, 2.45) is 0 Å². The molecule has 0 bridgehead atoms. The third-order valence-corrected chi connectivity index (χ3v) is 3.73. The Morgan fingerprint density at radius 3 is 1.23 bits per heavy atom. The molecule has 0 atom stereocenters. The van der Waals surface area contributed by atoms with E-state index in [4.69, 9.17) is 5.11 Å². The fourth-order valence-electron chi connectivity index (χ4n) is 2.45. The van der Waals surface area contributed by atoms with E-state index in [1.54, 1.807) is 6.07 Å². The van der Waals surface area contributed by atoms with Crippen molar-refractivity contribution in [1.29, 1.82) is 0 Å². The van der Waals surface area contributed by atoms with Crippen LogP contribution in [0.4, 0.5) is 0 Å². The maximum Gasteiger partial charge on any atom is 0.118 e. The van der Waals surface area contributed by atoms with Crippen LogP contribution in [-0.2, 0) is 0 Å². The lowest BCUT2D eigenvalue weighted by atomic mass is 10.0. The van der Waals surface area contributed by atoms with Gasteiger partial charge in [-0.25, -0.2) is 0 Å². The van der Waals surface area contributed by atoms with Gasteiger partial charge in [0.15, 0.2) is 0 Å². The summed E-state index contributed by atoms with van der Waals surface area (Å²) < 4.78 is 0. The van der Waals surface area contributed by atoms with Crippen LogP contribution in [0, 0.1) is 6.92 Å². The second-order valence-electron chi connectivity index (χ2n) is 5.33. The summed E-state index contributed by atoms with van der Waals surface area (Å²) in [5.74, 6) is 0.368. The van der Waals surface area contributed by atoms with Crippen LogP contribution in [-0.4, -0.2) is 5.11 Å². The molecule has 108 valence electrons. The Balaban J connectivity index is 0.000000154. The number of para-hydroxylation sites is 1. The van der Waals surface area contributed by atoms with Crippen molar-refractivity contribution in [3.63, 3.8) is 0 Å². The Labute approximate surface area is 130 Å². The molecule has 0 spiro atoms. The van der Waals surface area contributed by atoms with Crippen molar-refractivity contribution < 1.29 is 5.11 Å². The zero-order valence-electron chi connectivity index (χ0n) is 12.5. The SMILES string of the molecule is Cc1ccccc1O.c1ccc2cc3ccccc3cc2c1. The second-order valence-corrected chi connectivity index (χ2v) is 5.33. The van der Waals surface area contributed by atoms with Gasteiger partial charge in [0.1, 0.15) is 5.75 Å². The lowest BCUT2D eigenvalue weighted by molar-refractivity contribution is 0.471. The Hall–Kier alpha value is -2.80. The third kappa shape index (κ3) is 3.09. The molecule has 4 aromatic rings. The Morgan fingerprint density at radius 2 is 0.909 bits per heavy atom. The van der Waals surface area contributed by atoms with Crippen LogP contribution >= 0.6 is 0 Å². The fraction of sp³-hybridized carbons (Fsp3) is 0.0476. The summed E-state index contributed by atoms with van der Waals surface area (Å²) >= 11 is 0. The first-order valence-electron chi connectivity index (χ1n) is 7.36. The average Bonchev–Trinajstić information content (AvgIpc) is 2.56. The number of rotatable bonds is 0. The molecule has 1 N–H and O–H groups in total. The number of hydrogen-bond acceptors (Lipinski definition) is 1. The maximum atomic E-state index is 8.92. The zero-order chi connectivity index (χ0) is 15.4. The van der Waals surface area contributed by atoms with Gasteiger partial charge in [-0.05, 0) is 52.2 Å². The zero-order valence-corrected chi connectivity index (χ0v) is 12.5. The molecular formula is C21H18O. The largest absolute Gasteiger partial charge is 0.508 e. The molecule has 0 unspecified atom stereocenters. The van der Waals surface area contributed by atoms with Gasteiger partial charge in [-0.3, -0.25) is 0 Å². The highest BCUT2D eigenvalue weighted by Gasteiger charge is 1.95. The molecule has 4 rings (SSSR count). The summed E-state index contributed by atoms with van der Waals surface area (Å²) in [5.41, 5.74) is 0.924. The smallest absolute Gasteiger partial charge is 0.118 e. The number of phenols is 1. The molecular weight excluding hydrogens is 268 g/mol. The Bertz CT molecular complexity index is 783. The number of benzene rings is 4. The molecule has 1 heteroatoms. The summed E-state index contributed by atoms with van der Waals surface area (Å²) in [5, 5.41) is 14.2. The van der Waals surface area contributed by atoms with Crippen molar-refractivity contribution >= 4 is 21.5 Å². The van der Waals surface area contributed by atoms with E-state index in [1.165, 1.54) is 21.5 Å². The standard InChI is InChI=1S/C14H10.C7H8O/c1-2-6-12-10-14-8-4-3-7-13(14)9-11(12)5-1;1-6-4-2-3-5-7(6)8/h1-10H;2-5,8H,1H3. The van der Waals surface area contributed by atoms with Crippen molar-refractivity contribution in [2.45, 2.75) is 6.92 Å². The molecule has 0 heterocycles. The molecule has 0 radical (unpaired) electrons. The van der Waals surface area contributed by atoms with Gasteiger partial charge in [-0.1, -0.05) is 66.7 Å². The van der Waals surface area contributed by atoms with Crippen LogP contribution in [0.3, 0.4) is 0 Å². The highest BCUT2D eigenvalue weighted by atomic mass is 16.3. The molecule has 0 saturated heterocycles. The summed E-state index contributed by atoms with van der Waals surface area (Å²) in [7, 11) is 0. The minimum Gasteiger partial charge on any atom is -0.508 e. The molecule has 4 aromatic carbocycles. The third-order valence-electron chi connectivity index (χ3n) is 3.73. The molecule has 0 amide bonds. The minimum atomic E-state index is 0.368. The first kappa shape index (κ1) is 14.2. The van der Waals surface area contributed by atoms with Crippen molar-refractivity contribution in [2.75, 3.05) is 0 Å². The number of aryl methyl sites for hydroxylation is 1. The van der Waals surface area contributed by atoms with Gasteiger partial charge in [-0.15, -0.1) is 0 Å². The lowest BCUT2D eigenvalue weighted by Gasteiger charge is -2.00. The Morgan fingerprint density at radius 1 is 0.545 bits per heavy atom. The molecule has 0 aliphatic heterocycles. The first-order valence-corrected chi connectivity index (χ1v) is 7.36. The summed E-state index contributed by atoms with van der Waals surface area (Å²) in [6, 6.07) is 28.7. The number of fused-ring (bicyclic) bond motifs is 2. The molecule has 0 aliphatic carbocycles. The molecule has 0 saturated carbocycles. The average molecular weight is 286 g/mol. The van der Waals surface area contributed by atoms with Crippen LogP contribution in [0.2, 0.25) is 0 Å². The van der Waals surface area contributed by atoms with Gasteiger partial charge in [-0.2, -0.15) is 0 Å². The normalized spacial score (nSPS) is 10.2. The summed E-state index contributed by atoms with van der Waals surface area (Å²) in [4.78, 5) is 0. The van der Waals surface area contributed by atoms with Gasteiger partial charge in [0.25, 0.3) is 0 Å². The van der Waals surface area contributed by atoms with Gasteiger partial charge in [0, 0.05) is 0 Å². The minimum absolute atomic E-state index is 0.368. The van der Waals surface area contributed by atoms with Crippen LogP contribution in [0.25, 0.3) is 21.5 Å². The van der Waals surface area contributed by atoms with Gasteiger partial charge in [0.2, 0.25) is 0 Å². The predicted octanol–water partition coefficient (Wildman–Crippen LogP) is 5.69. The maximum absolute atomic E-state index is 8.92. The van der Waals surface area contributed by atoms with Gasteiger partial charge >= 0.3 is 0 Å². The molecule has 0 aromatic heterocycles. The summed E-state index contributed by atoms with van der Waals surface area (Å²) in [6.45, 7) is 1.87. The molecule has 0 aliphatic rings. The van der Waals surface area contributed by atoms with E-state index in [1.807, 2.05) is 25.1 Å². The van der Waals surface area contributed by atoms with Crippen LogP contribution in [0.15, 0.2) is 84.9 Å². The summed E-state index contributed by atoms with van der Waals surface area (Å²) in [6.07, 6.45) is 0. The van der Waals surface area contributed by atoms with Crippen molar-refractivity contribution in [3.8, 4) is 5.75 Å². The lowest BCUT2D eigenvalue weighted by Crippen LogP contribution is -1.74. The molecule has 1 nitrogen and oxygen atoms in total. The van der Waals surface area contributed by atoms with E-state index < -0.39 is 0 Å². The van der Waals surface area contributed by atoms with Gasteiger partial charge < -0.3 is 5.11 Å². The number of phenolic OH excluding ortho intramolecular Hbond substituents is 1. The van der Waals surface area contributed by atoms with Crippen LogP contribution in [0.1, 0.15) is 5.56 Å². The fourth-order valence-corrected chi connectivity index (χ4v) is 2.45. The van der Waals surface area contributed by atoms with Crippen LogP contribution < -0.4 is 0 Å². The molecule has 22 heavy (non-hydrogen) atoms. The van der Waals surface area contributed by atoms with E-state index in [2.05, 4.69) is 60.7 Å². The second kappa shape index (κ2) is 6.31.